The quantitative estimate of drug-likeness (QED) is 0.670. The molecule has 4 heteroatoms. The molecule has 0 aromatic carbocycles. The van der Waals surface area contributed by atoms with Crippen LogP contribution in [0.5, 0.6) is 0 Å². The van der Waals surface area contributed by atoms with Gasteiger partial charge in [-0.25, -0.2) is 0 Å². The number of amides is 1. The van der Waals surface area contributed by atoms with Crippen LogP contribution in [0.1, 0.15) is 52.4 Å². The molecular formula is C16H32N2O2. The van der Waals surface area contributed by atoms with Gasteiger partial charge in [0.15, 0.2) is 0 Å². The lowest BCUT2D eigenvalue weighted by molar-refractivity contribution is -0.137. The Morgan fingerprint density at radius 3 is 2.55 bits per heavy atom. The highest BCUT2D eigenvalue weighted by Crippen LogP contribution is 2.18. The van der Waals surface area contributed by atoms with Crippen LogP contribution in [-0.2, 0) is 9.53 Å². The minimum absolute atomic E-state index is 0.197. The summed E-state index contributed by atoms with van der Waals surface area (Å²) in [5.74, 6) is 0.530. The molecule has 1 amide bonds. The van der Waals surface area contributed by atoms with Gasteiger partial charge in [0.05, 0.1) is 6.61 Å². The van der Waals surface area contributed by atoms with E-state index in [4.69, 9.17) is 4.74 Å². The second kappa shape index (κ2) is 10.2. The van der Waals surface area contributed by atoms with Crippen molar-refractivity contribution in [2.24, 2.45) is 5.92 Å². The van der Waals surface area contributed by atoms with Gasteiger partial charge in [-0.05, 0) is 32.2 Å². The van der Waals surface area contributed by atoms with E-state index in [0.717, 1.165) is 45.3 Å². The SMILES string of the molecule is CCCC(CCC)C(=O)N(CCOC)CC1CCCN1. The molecule has 0 radical (unpaired) electrons. The molecule has 0 spiro atoms. The van der Waals surface area contributed by atoms with Crippen molar-refractivity contribution in [3.8, 4) is 0 Å². The number of nitrogens with zero attached hydrogens (tertiary/aromatic N) is 1. The highest BCUT2D eigenvalue weighted by Gasteiger charge is 2.26. The highest BCUT2D eigenvalue weighted by molar-refractivity contribution is 5.78. The summed E-state index contributed by atoms with van der Waals surface area (Å²) in [5, 5.41) is 3.49. The van der Waals surface area contributed by atoms with Gasteiger partial charge in [-0.3, -0.25) is 4.79 Å². The summed E-state index contributed by atoms with van der Waals surface area (Å²) in [6, 6.07) is 0.472. The largest absolute Gasteiger partial charge is 0.383 e. The summed E-state index contributed by atoms with van der Waals surface area (Å²) in [6.45, 7) is 7.60. The van der Waals surface area contributed by atoms with E-state index in [1.807, 2.05) is 4.90 Å². The van der Waals surface area contributed by atoms with Gasteiger partial charge in [-0.15, -0.1) is 0 Å². The fraction of sp³-hybridized carbons (Fsp3) is 0.938. The van der Waals surface area contributed by atoms with E-state index >= 15 is 0 Å². The number of carbonyl (C=O) groups excluding carboxylic acids is 1. The van der Waals surface area contributed by atoms with Crippen LogP contribution >= 0.6 is 0 Å². The van der Waals surface area contributed by atoms with Crippen molar-refractivity contribution in [3.63, 3.8) is 0 Å². The molecule has 1 aliphatic rings. The predicted molar refractivity (Wildman–Crippen MR) is 82.8 cm³/mol. The molecular weight excluding hydrogens is 252 g/mol. The summed E-state index contributed by atoms with van der Waals surface area (Å²) in [5.41, 5.74) is 0. The Morgan fingerprint density at radius 2 is 2.05 bits per heavy atom. The van der Waals surface area contributed by atoms with E-state index < -0.39 is 0 Å². The third-order valence-electron chi connectivity index (χ3n) is 4.10. The number of methoxy groups -OCH3 is 1. The van der Waals surface area contributed by atoms with Gasteiger partial charge in [0.25, 0.3) is 0 Å². The van der Waals surface area contributed by atoms with E-state index in [-0.39, 0.29) is 5.92 Å². The van der Waals surface area contributed by atoms with Crippen molar-refractivity contribution >= 4 is 5.91 Å². The summed E-state index contributed by atoms with van der Waals surface area (Å²) in [4.78, 5) is 14.8. The molecule has 1 unspecified atom stereocenters. The molecule has 0 aliphatic carbocycles. The van der Waals surface area contributed by atoms with Crippen molar-refractivity contribution in [2.45, 2.75) is 58.4 Å². The van der Waals surface area contributed by atoms with Gasteiger partial charge in [0.1, 0.15) is 0 Å². The molecule has 0 aromatic heterocycles. The first-order chi connectivity index (χ1) is 9.72. The standard InChI is InChI=1S/C16H32N2O2/c1-4-7-14(8-5-2)16(19)18(11-12-20-3)13-15-9-6-10-17-15/h14-15,17H,4-13H2,1-3H3. The first-order valence-corrected chi connectivity index (χ1v) is 8.24. The number of carbonyl (C=O) groups is 1. The summed E-state index contributed by atoms with van der Waals surface area (Å²) in [7, 11) is 1.70. The van der Waals surface area contributed by atoms with E-state index in [0.29, 0.717) is 18.6 Å². The Bertz CT molecular complexity index is 259. The predicted octanol–water partition coefficient (Wildman–Crippen LogP) is 2.43. The van der Waals surface area contributed by atoms with Crippen molar-refractivity contribution in [2.75, 3.05) is 33.4 Å². The smallest absolute Gasteiger partial charge is 0.225 e. The third-order valence-corrected chi connectivity index (χ3v) is 4.10. The zero-order valence-corrected chi connectivity index (χ0v) is 13.5. The fourth-order valence-electron chi connectivity index (χ4n) is 3.02. The second-order valence-corrected chi connectivity index (χ2v) is 5.84. The number of nitrogens with one attached hydrogen (secondary N) is 1. The van der Waals surface area contributed by atoms with Gasteiger partial charge < -0.3 is 15.0 Å². The van der Waals surface area contributed by atoms with Crippen LogP contribution in [0, 0.1) is 5.92 Å². The molecule has 0 aromatic rings. The number of ether oxygens (including phenoxy) is 1. The Morgan fingerprint density at radius 1 is 1.35 bits per heavy atom. The number of rotatable bonds is 10. The fourth-order valence-corrected chi connectivity index (χ4v) is 3.02. The van der Waals surface area contributed by atoms with Crippen LogP contribution < -0.4 is 5.32 Å². The minimum Gasteiger partial charge on any atom is -0.383 e. The van der Waals surface area contributed by atoms with Gasteiger partial charge in [0.2, 0.25) is 5.91 Å². The lowest BCUT2D eigenvalue weighted by Gasteiger charge is -2.29. The zero-order valence-electron chi connectivity index (χ0n) is 13.5. The Balaban J connectivity index is 2.59. The molecule has 1 aliphatic heterocycles. The van der Waals surface area contributed by atoms with E-state index in [2.05, 4.69) is 19.2 Å². The molecule has 0 saturated carbocycles. The molecule has 1 N–H and O–H groups in total. The van der Waals surface area contributed by atoms with Gasteiger partial charge in [-0.1, -0.05) is 26.7 Å². The van der Waals surface area contributed by atoms with Crippen LogP contribution in [-0.4, -0.2) is 50.2 Å². The molecule has 20 heavy (non-hydrogen) atoms. The number of hydrogen-bond donors (Lipinski definition) is 1. The van der Waals surface area contributed by atoms with Crippen LogP contribution in [0.25, 0.3) is 0 Å². The molecule has 1 fully saturated rings. The van der Waals surface area contributed by atoms with Crippen LogP contribution in [0.15, 0.2) is 0 Å². The second-order valence-electron chi connectivity index (χ2n) is 5.84. The lowest BCUT2D eigenvalue weighted by Crippen LogP contribution is -2.45. The monoisotopic (exact) mass is 284 g/mol. The summed E-state index contributed by atoms with van der Waals surface area (Å²) >= 11 is 0. The Labute approximate surface area is 124 Å². The molecule has 0 bridgehead atoms. The van der Waals surface area contributed by atoms with Crippen LogP contribution in [0.2, 0.25) is 0 Å². The Kier molecular flexibility index (Phi) is 8.86. The molecule has 1 saturated heterocycles. The van der Waals surface area contributed by atoms with E-state index in [1.165, 1.54) is 12.8 Å². The molecule has 118 valence electrons. The maximum atomic E-state index is 12.8. The van der Waals surface area contributed by atoms with Crippen molar-refractivity contribution in [1.29, 1.82) is 0 Å². The van der Waals surface area contributed by atoms with E-state index in [1.54, 1.807) is 7.11 Å². The van der Waals surface area contributed by atoms with Crippen molar-refractivity contribution in [3.05, 3.63) is 0 Å². The minimum atomic E-state index is 0.197. The van der Waals surface area contributed by atoms with Crippen LogP contribution in [0.4, 0.5) is 0 Å². The topological polar surface area (TPSA) is 41.6 Å². The first kappa shape index (κ1) is 17.4. The van der Waals surface area contributed by atoms with Gasteiger partial charge in [-0.2, -0.15) is 0 Å². The lowest BCUT2D eigenvalue weighted by atomic mass is 9.96. The van der Waals surface area contributed by atoms with Crippen molar-refractivity contribution in [1.82, 2.24) is 10.2 Å². The average molecular weight is 284 g/mol. The van der Waals surface area contributed by atoms with E-state index in [9.17, 15) is 4.79 Å². The zero-order chi connectivity index (χ0) is 14.8. The maximum absolute atomic E-state index is 12.8. The molecule has 1 rings (SSSR count). The van der Waals surface area contributed by atoms with Gasteiger partial charge >= 0.3 is 0 Å². The molecule has 4 nitrogen and oxygen atoms in total. The molecule has 1 atom stereocenters. The summed E-state index contributed by atoms with van der Waals surface area (Å²) in [6.07, 6.45) is 6.59. The van der Waals surface area contributed by atoms with Gasteiger partial charge in [0, 0.05) is 32.2 Å². The van der Waals surface area contributed by atoms with Crippen LogP contribution in [0.3, 0.4) is 0 Å². The normalized spacial score (nSPS) is 18.7. The highest BCUT2D eigenvalue weighted by atomic mass is 16.5. The third kappa shape index (κ3) is 5.80. The summed E-state index contributed by atoms with van der Waals surface area (Å²) < 4.78 is 5.17. The van der Waals surface area contributed by atoms with Crippen molar-refractivity contribution < 1.29 is 9.53 Å². The number of hydrogen-bond acceptors (Lipinski definition) is 3. The molecule has 1 heterocycles. The Hall–Kier alpha value is -0.610. The maximum Gasteiger partial charge on any atom is 0.225 e. The average Bonchev–Trinajstić information content (AvgIpc) is 2.95. The first-order valence-electron chi connectivity index (χ1n) is 8.24.